The first-order valence-corrected chi connectivity index (χ1v) is 9.61. The van der Waals surface area contributed by atoms with E-state index < -0.39 is 21.0 Å². The second-order valence-electron chi connectivity index (χ2n) is 5.76. The van der Waals surface area contributed by atoms with E-state index in [2.05, 4.69) is 0 Å². The third kappa shape index (κ3) is 4.05. The molecule has 0 aliphatic heterocycles. The number of pyridine rings is 1. The summed E-state index contributed by atoms with van der Waals surface area (Å²) >= 11 is 12.0. The van der Waals surface area contributed by atoms with E-state index in [9.17, 15) is 13.2 Å². The van der Waals surface area contributed by atoms with Gasteiger partial charge in [-0.1, -0.05) is 23.2 Å². The Hall–Kier alpha value is -1.83. The molecule has 0 saturated heterocycles. The summed E-state index contributed by atoms with van der Waals surface area (Å²) in [6.45, 7) is 3.17. The van der Waals surface area contributed by atoms with Gasteiger partial charge in [0.15, 0.2) is 9.84 Å². The lowest BCUT2D eigenvalue weighted by atomic mass is 10.2. The van der Waals surface area contributed by atoms with Gasteiger partial charge in [-0.25, -0.2) is 8.42 Å². The Morgan fingerprint density at radius 1 is 1.24 bits per heavy atom. The lowest BCUT2D eigenvalue weighted by Crippen LogP contribution is -2.30. The van der Waals surface area contributed by atoms with Crippen LogP contribution < -0.4 is 11.2 Å². The second-order valence-corrected chi connectivity index (χ2v) is 9.10. The largest absolute Gasteiger partial charge is 0.365 e. The van der Waals surface area contributed by atoms with E-state index in [1.807, 2.05) is 0 Å². The standard InChI is InChI=1S/C16H17Cl2N3O3S/c1-9(2)25(23,24)14-4-3-11(17)5-10(14)7-21-8-12(18)6-13(15(21)19)16(20)22/h3-6,8-9,19H,7H2,1-2H3,(H2,20,22). The molecule has 0 aliphatic carbocycles. The van der Waals surface area contributed by atoms with Gasteiger partial charge in [-0.15, -0.1) is 0 Å². The van der Waals surface area contributed by atoms with Crippen molar-refractivity contribution < 1.29 is 13.2 Å². The first kappa shape index (κ1) is 19.5. The molecule has 3 N–H and O–H groups in total. The predicted molar refractivity (Wildman–Crippen MR) is 96.7 cm³/mol. The number of carbonyl (C=O) groups is 1. The zero-order valence-corrected chi connectivity index (χ0v) is 15.9. The molecule has 1 amide bonds. The van der Waals surface area contributed by atoms with Crippen LogP contribution in [0.4, 0.5) is 0 Å². The van der Waals surface area contributed by atoms with Gasteiger partial charge in [0.1, 0.15) is 5.49 Å². The van der Waals surface area contributed by atoms with Gasteiger partial charge in [0.2, 0.25) is 0 Å². The summed E-state index contributed by atoms with van der Waals surface area (Å²) in [5.74, 6) is -0.789. The molecule has 134 valence electrons. The molecule has 1 aromatic heterocycles. The number of nitrogens with two attached hydrogens (primary N) is 1. The Bertz CT molecular complexity index is 998. The van der Waals surface area contributed by atoms with Gasteiger partial charge in [-0.05, 0) is 43.7 Å². The SMILES string of the molecule is CC(C)S(=O)(=O)c1ccc(Cl)cc1Cn1cc(Cl)cc(C(N)=O)c1=N. The van der Waals surface area contributed by atoms with Gasteiger partial charge in [0.05, 0.1) is 27.3 Å². The van der Waals surface area contributed by atoms with Gasteiger partial charge in [0.25, 0.3) is 5.91 Å². The van der Waals surface area contributed by atoms with Gasteiger partial charge in [-0.2, -0.15) is 0 Å². The van der Waals surface area contributed by atoms with Crippen LogP contribution in [0, 0.1) is 5.41 Å². The van der Waals surface area contributed by atoms with Gasteiger partial charge < -0.3 is 10.3 Å². The van der Waals surface area contributed by atoms with E-state index in [1.54, 1.807) is 13.8 Å². The van der Waals surface area contributed by atoms with Crippen LogP contribution in [0.5, 0.6) is 0 Å². The number of nitrogens with zero attached hydrogens (tertiary/aromatic N) is 1. The Morgan fingerprint density at radius 3 is 2.44 bits per heavy atom. The van der Waals surface area contributed by atoms with Crippen molar-refractivity contribution in [2.75, 3.05) is 0 Å². The maximum atomic E-state index is 12.6. The fourth-order valence-electron chi connectivity index (χ4n) is 2.31. The number of halogens is 2. The highest BCUT2D eigenvalue weighted by molar-refractivity contribution is 7.92. The van der Waals surface area contributed by atoms with E-state index in [0.29, 0.717) is 10.6 Å². The summed E-state index contributed by atoms with van der Waals surface area (Å²) in [7, 11) is -3.55. The van der Waals surface area contributed by atoms with Crippen LogP contribution in [0.1, 0.15) is 29.8 Å². The van der Waals surface area contributed by atoms with Crippen molar-refractivity contribution in [2.24, 2.45) is 5.73 Å². The number of sulfone groups is 1. The third-order valence-electron chi connectivity index (χ3n) is 3.66. The second kappa shape index (κ2) is 7.19. The molecule has 25 heavy (non-hydrogen) atoms. The van der Waals surface area contributed by atoms with E-state index in [1.165, 1.54) is 35.0 Å². The van der Waals surface area contributed by atoms with Gasteiger partial charge >= 0.3 is 0 Å². The molecule has 2 rings (SSSR count). The van der Waals surface area contributed by atoms with Crippen LogP contribution >= 0.6 is 23.2 Å². The number of amides is 1. The highest BCUT2D eigenvalue weighted by atomic mass is 35.5. The first-order chi connectivity index (χ1) is 11.5. The number of hydrogen-bond acceptors (Lipinski definition) is 4. The molecule has 0 atom stereocenters. The summed E-state index contributed by atoms with van der Waals surface area (Å²) in [5, 5.41) is 8.06. The average molecular weight is 402 g/mol. The maximum Gasteiger partial charge on any atom is 0.252 e. The average Bonchev–Trinajstić information content (AvgIpc) is 2.50. The molecule has 0 radical (unpaired) electrons. The maximum absolute atomic E-state index is 12.6. The van der Waals surface area contributed by atoms with Crippen LogP contribution in [0.15, 0.2) is 35.4 Å². The number of hydrogen-bond donors (Lipinski definition) is 2. The number of benzene rings is 1. The Labute approximate surface area is 155 Å². The van der Waals surface area contributed by atoms with Crippen molar-refractivity contribution in [3.05, 3.63) is 57.1 Å². The van der Waals surface area contributed by atoms with E-state index >= 15 is 0 Å². The highest BCUT2D eigenvalue weighted by Crippen LogP contribution is 2.25. The topological polar surface area (TPSA) is 106 Å². The molecule has 6 nitrogen and oxygen atoms in total. The summed E-state index contributed by atoms with van der Waals surface area (Å²) < 4.78 is 26.5. The van der Waals surface area contributed by atoms with Crippen LogP contribution in [0.2, 0.25) is 10.0 Å². The van der Waals surface area contributed by atoms with Crippen molar-refractivity contribution in [1.29, 1.82) is 5.41 Å². The predicted octanol–water partition coefficient (Wildman–Crippen LogP) is 2.60. The van der Waals surface area contributed by atoms with Crippen molar-refractivity contribution >= 4 is 38.9 Å². The fraction of sp³-hybridized carbons (Fsp3) is 0.250. The van der Waals surface area contributed by atoms with E-state index in [-0.39, 0.29) is 27.5 Å². The zero-order valence-electron chi connectivity index (χ0n) is 13.6. The number of primary amides is 1. The van der Waals surface area contributed by atoms with Gasteiger partial charge in [-0.3, -0.25) is 10.2 Å². The normalized spacial score (nSPS) is 11.7. The monoisotopic (exact) mass is 401 g/mol. The molecule has 0 fully saturated rings. The molecule has 9 heteroatoms. The Morgan fingerprint density at radius 2 is 1.88 bits per heavy atom. The van der Waals surface area contributed by atoms with Crippen LogP contribution in [0.3, 0.4) is 0 Å². The minimum Gasteiger partial charge on any atom is -0.365 e. The summed E-state index contributed by atoms with van der Waals surface area (Å²) in [6, 6.07) is 5.76. The smallest absolute Gasteiger partial charge is 0.252 e. The molecule has 1 aromatic carbocycles. The lowest BCUT2D eigenvalue weighted by molar-refractivity contribution is 0.0997. The van der Waals surface area contributed by atoms with Crippen LogP contribution in [-0.2, 0) is 16.4 Å². The van der Waals surface area contributed by atoms with Crippen LogP contribution in [-0.4, -0.2) is 24.1 Å². The van der Waals surface area contributed by atoms with E-state index in [4.69, 9.17) is 34.3 Å². The fourth-order valence-corrected chi connectivity index (χ4v) is 3.99. The van der Waals surface area contributed by atoms with E-state index in [0.717, 1.165) is 0 Å². The highest BCUT2D eigenvalue weighted by Gasteiger charge is 2.23. The Balaban J connectivity index is 2.65. The van der Waals surface area contributed by atoms with Crippen molar-refractivity contribution in [2.45, 2.75) is 30.5 Å². The molecule has 0 aliphatic rings. The summed E-state index contributed by atoms with van der Waals surface area (Å²) in [4.78, 5) is 11.6. The van der Waals surface area contributed by atoms with Crippen LogP contribution in [0.25, 0.3) is 0 Å². The summed E-state index contributed by atoms with van der Waals surface area (Å²) in [6.07, 6.45) is 1.43. The minimum atomic E-state index is -3.55. The molecule has 2 aromatic rings. The first-order valence-electron chi connectivity index (χ1n) is 7.30. The lowest BCUT2D eigenvalue weighted by Gasteiger charge is -2.16. The number of rotatable bonds is 5. The quantitative estimate of drug-likeness (QED) is 0.803. The van der Waals surface area contributed by atoms with Crippen molar-refractivity contribution in [1.82, 2.24) is 4.57 Å². The van der Waals surface area contributed by atoms with Crippen molar-refractivity contribution in [3.8, 4) is 0 Å². The van der Waals surface area contributed by atoms with Crippen molar-refractivity contribution in [3.63, 3.8) is 0 Å². The molecule has 0 unspecified atom stereocenters. The molecule has 0 spiro atoms. The molecular formula is C16H17Cl2N3O3S. The number of nitrogens with one attached hydrogen (secondary N) is 1. The minimum absolute atomic E-state index is 0.00150. The number of aromatic nitrogens is 1. The Kier molecular flexibility index (Phi) is 5.61. The molecular weight excluding hydrogens is 385 g/mol. The summed E-state index contributed by atoms with van der Waals surface area (Å²) in [5.41, 5.74) is 5.45. The molecule has 1 heterocycles. The third-order valence-corrected chi connectivity index (χ3v) is 6.35. The molecule has 0 bridgehead atoms. The van der Waals surface area contributed by atoms with Gasteiger partial charge in [0, 0.05) is 11.2 Å². The number of carbonyl (C=O) groups excluding carboxylic acids is 1. The molecule has 0 saturated carbocycles. The zero-order chi connectivity index (χ0) is 18.9.